The number of unbranched alkanes of at least 4 members (excludes halogenated alkanes) is 1. The average Bonchev–Trinajstić information content (AvgIpc) is 2.02. The Labute approximate surface area is 86.8 Å². The first-order valence-corrected chi connectivity index (χ1v) is 8.76. The van der Waals surface area contributed by atoms with Crippen molar-refractivity contribution >= 4 is 20.3 Å². The third kappa shape index (κ3) is 9.44. The molecule has 0 aliphatic heterocycles. The van der Waals surface area contributed by atoms with Crippen LogP contribution >= 0.6 is 0 Å². The highest BCUT2D eigenvalue weighted by Crippen LogP contribution is 2.08. The van der Waals surface area contributed by atoms with Crippen molar-refractivity contribution < 1.29 is 14.3 Å². The fraction of sp³-hybridized carbons (Fsp3) is 0.800. The van der Waals surface area contributed by atoms with Crippen molar-refractivity contribution in [2.24, 2.45) is 0 Å². The molecule has 0 rings (SSSR count). The topological polar surface area (TPSA) is 43.4 Å². The summed E-state index contributed by atoms with van der Waals surface area (Å²) in [7, 11) is -1.10. The molecule has 0 aromatic carbocycles. The van der Waals surface area contributed by atoms with Gasteiger partial charge in [-0.05, 0) is 12.5 Å². The van der Waals surface area contributed by atoms with E-state index < -0.39 is 8.07 Å². The number of rotatable bonds is 7. The van der Waals surface area contributed by atoms with E-state index in [2.05, 4.69) is 19.6 Å². The number of aldehydes is 1. The number of ether oxygens (including phenoxy) is 1. The molecule has 4 heteroatoms. The lowest BCUT2D eigenvalue weighted by molar-refractivity contribution is -0.143. The van der Waals surface area contributed by atoms with Gasteiger partial charge in [0.2, 0.25) is 0 Å². The highest BCUT2D eigenvalue weighted by molar-refractivity contribution is 6.76. The van der Waals surface area contributed by atoms with Crippen LogP contribution in [0, 0.1) is 0 Å². The lowest BCUT2D eigenvalue weighted by Crippen LogP contribution is -2.22. The Balaban J connectivity index is 3.40. The standard InChI is InChI=1S/C10H20O3Si/c1-14(2,3)9-8-13-10(12)6-4-5-7-11/h7H,4-6,8-9H2,1-3H3. The molecule has 0 aliphatic rings. The quantitative estimate of drug-likeness (QED) is 0.284. The Hall–Kier alpha value is -0.643. The van der Waals surface area contributed by atoms with Gasteiger partial charge in [-0.15, -0.1) is 0 Å². The maximum atomic E-state index is 11.1. The summed E-state index contributed by atoms with van der Waals surface area (Å²) in [5, 5.41) is 0. The van der Waals surface area contributed by atoms with Crippen LogP contribution in [0.3, 0.4) is 0 Å². The Morgan fingerprint density at radius 1 is 1.36 bits per heavy atom. The molecule has 0 heterocycles. The molecule has 3 nitrogen and oxygen atoms in total. The zero-order valence-corrected chi connectivity index (χ0v) is 10.3. The Morgan fingerprint density at radius 3 is 2.50 bits per heavy atom. The molecule has 0 aliphatic carbocycles. The molecule has 0 bridgehead atoms. The highest BCUT2D eigenvalue weighted by Gasteiger charge is 2.13. The van der Waals surface area contributed by atoms with Crippen LogP contribution in [0.5, 0.6) is 0 Å². The van der Waals surface area contributed by atoms with E-state index >= 15 is 0 Å². The zero-order valence-electron chi connectivity index (χ0n) is 9.34. The smallest absolute Gasteiger partial charge is 0.305 e. The lowest BCUT2D eigenvalue weighted by atomic mass is 10.2. The van der Waals surface area contributed by atoms with E-state index in [0.717, 1.165) is 12.3 Å². The summed E-state index contributed by atoms with van der Waals surface area (Å²) in [6, 6.07) is 1.01. The molecule has 0 fully saturated rings. The summed E-state index contributed by atoms with van der Waals surface area (Å²) in [4.78, 5) is 21.1. The van der Waals surface area contributed by atoms with Crippen LogP contribution < -0.4 is 0 Å². The van der Waals surface area contributed by atoms with Gasteiger partial charge in [-0.25, -0.2) is 0 Å². The first-order chi connectivity index (χ1) is 6.45. The molecule has 0 saturated heterocycles. The summed E-state index contributed by atoms with van der Waals surface area (Å²) in [5.74, 6) is -0.176. The van der Waals surface area contributed by atoms with E-state index in [0.29, 0.717) is 25.9 Å². The Bertz CT molecular complexity index is 184. The molecule has 0 N–H and O–H groups in total. The molecular weight excluding hydrogens is 196 g/mol. The molecule has 14 heavy (non-hydrogen) atoms. The second-order valence-corrected chi connectivity index (χ2v) is 10.2. The molecule has 0 unspecified atom stereocenters. The van der Waals surface area contributed by atoms with Crippen LogP contribution in [-0.4, -0.2) is 26.9 Å². The van der Waals surface area contributed by atoms with Gasteiger partial charge >= 0.3 is 5.97 Å². The summed E-state index contributed by atoms with van der Waals surface area (Å²) in [6.07, 6.45) is 2.25. The van der Waals surface area contributed by atoms with E-state index in [1.54, 1.807) is 0 Å². The van der Waals surface area contributed by atoms with Crippen molar-refractivity contribution in [2.45, 2.75) is 44.9 Å². The first-order valence-electron chi connectivity index (χ1n) is 5.05. The van der Waals surface area contributed by atoms with Gasteiger partial charge in [-0.2, -0.15) is 0 Å². The molecule has 0 spiro atoms. The average molecular weight is 216 g/mol. The monoisotopic (exact) mass is 216 g/mol. The normalized spacial score (nSPS) is 11.1. The van der Waals surface area contributed by atoms with Crippen LogP contribution in [0.15, 0.2) is 0 Å². The van der Waals surface area contributed by atoms with Crippen LogP contribution in [-0.2, 0) is 14.3 Å². The second-order valence-electron chi connectivity index (χ2n) is 4.59. The summed E-state index contributed by atoms with van der Waals surface area (Å²) >= 11 is 0. The summed E-state index contributed by atoms with van der Waals surface area (Å²) in [5.41, 5.74) is 0. The van der Waals surface area contributed by atoms with Gasteiger partial charge in [-0.3, -0.25) is 4.79 Å². The molecule has 0 aromatic rings. The number of carbonyl (C=O) groups excluding carboxylic acids is 2. The van der Waals surface area contributed by atoms with Crippen molar-refractivity contribution in [3.63, 3.8) is 0 Å². The predicted octanol–water partition coefficient (Wildman–Crippen LogP) is 2.24. The predicted molar refractivity (Wildman–Crippen MR) is 59.0 cm³/mol. The van der Waals surface area contributed by atoms with Gasteiger partial charge < -0.3 is 9.53 Å². The van der Waals surface area contributed by atoms with Gasteiger partial charge in [-0.1, -0.05) is 19.6 Å². The van der Waals surface area contributed by atoms with E-state index in [4.69, 9.17) is 4.74 Å². The van der Waals surface area contributed by atoms with Gasteiger partial charge in [0.05, 0.1) is 6.61 Å². The molecule has 0 atom stereocenters. The third-order valence-electron chi connectivity index (χ3n) is 1.82. The van der Waals surface area contributed by atoms with Gasteiger partial charge in [0.25, 0.3) is 0 Å². The van der Waals surface area contributed by atoms with Crippen LogP contribution in [0.1, 0.15) is 19.3 Å². The fourth-order valence-corrected chi connectivity index (χ4v) is 1.59. The van der Waals surface area contributed by atoms with Crippen molar-refractivity contribution in [2.75, 3.05) is 6.61 Å². The van der Waals surface area contributed by atoms with E-state index in [-0.39, 0.29) is 5.97 Å². The molecule has 0 aromatic heterocycles. The first kappa shape index (κ1) is 13.4. The minimum Gasteiger partial charge on any atom is -0.466 e. The number of hydrogen-bond donors (Lipinski definition) is 0. The van der Waals surface area contributed by atoms with Crippen molar-refractivity contribution in [3.8, 4) is 0 Å². The summed E-state index contributed by atoms with van der Waals surface area (Å²) < 4.78 is 5.04. The summed E-state index contributed by atoms with van der Waals surface area (Å²) in [6.45, 7) is 7.27. The lowest BCUT2D eigenvalue weighted by Gasteiger charge is -2.15. The number of esters is 1. The fourth-order valence-electron chi connectivity index (χ4n) is 0.873. The van der Waals surface area contributed by atoms with Crippen LogP contribution in [0.4, 0.5) is 0 Å². The Kier molecular flexibility index (Phi) is 6.45. The van der Waals surface area contributed by atoms with Gasteiger partial charge in [0.1, 0.15) is 6.29 Å². The maximum Gasteiger partial charge on any atom is 0.305 e. The largest absolute Gasteiger partial charge is 0.466 e. The maximum absolute atomic E-state index is 11.1. The van der Waals surface area contributed by atoms with Crippen molar-refractivity contribution in [3.05, 3.63) is 0 Å². The number of hydrogen-bond acceptors (Lipinski definition) is 3. The second kappa shape index (κ2) is 6.76. The molecule has 0 radical (unpaired) electrons. The van der Waals surface area contributed by atoms with Gasteiger partial charge in [0.15, 0.2) is 0 Å². The minimum absolute atomic E-state index is 0.176. The van der Waals surface area contributed by atoms with E-state index in [9.17, 15) is 9.59 Å². The van der Waals surface area contributed by atoms with Gasteiger partial charge in [0, 0.05) is 20.9 Å². The molecule has 0 saturated carbocycles. The molecule has 0 amide bonds. The highest BCUT2D eigenvalue weighted by atomic mass is 28.3. The Morgan fingerprint density at radius 2 is 2.00 bits per heavy atom. The van der Waals surface area contributed by atoms with E-state index in [1.165, 1.54) is 0 Å². The zero-order chi connectivity index (χ0) is 11.0. The third-order valence-corrected chi connectivity index (χ3v) is 3.52. The number of carbonyl (C=O) groups is 2. The van der Waals surface area contributed by atoms with Crippen LogP contribution in [0.2, 0.25) is 25.7 Å². The minimum atomic E-state index is -1.10. The molecular formula is C10H20O3Si. The van der Waals surface area contributed by atoms with Crippen molar-refractivity contribution in [1.82, 2.24) is 0 Å². The van der Waals surface area contributed by atoms with E-state index in [1.807, 2.05) is 0 Å². The SMILES string of the molecule is C[Si](C)(C)CCOC(=O)CCCC=O. The molecule has 82 valence electrons. The van der Waals surface area contributed by atoms with Crippen molar-refractivity contribution in [1.29, 1.82) is 0 Å². The van der Waals surface area contributed by atoms with Crippen LogP contribution in [0.25, 0.3) is 0 Å².